The van der Waals surface area contributed by atoms with E-state index in [0.29, 0.717) is 6.04 Å². The summed E-state index contributed by atoms with van der Waals surface area (Å²) in [6, 6.07) is 3.46. The Labute approximate surface area is 103 Å². The largest absolute Gasteiger partial charge is 0.323 e. The zero-order valence-electron chi connectivity index (χ0n) is 10.9. The lowest BCUT2D eigenvalue weighted by Crippen LogP contribution is -2.33. The Hall–Kier alpha value is -1.00. The first-order valence-corrected chi connectivity index (χ1v) is 6.15. The van der Waals surface area contributed by atoms with Crippen molar-refractivity contribution in [2.24, 2.45) is 5.73 Å². The van der Waals surface area contributed by atoms with Crippen LogP contribution in [0.5, 0.6) is 0 Å². The highest BCUT2D eigenvalue weighted by Gasteiger charge is 2.12. The van der Waals surface area contributed by atoms with Crippen LogP contribution in [-0.4, -0.2) is 29.0 Å². The molecule has 0 aliphatic carbocycles. The Bertz CT molecular complexity index is 324. The van der Waals surface area contributed by atoms with Crippen LogP contribution in [0.1, 0.15) is 38.9 Å². The van der Waals surface area contributed by atoms with Gasteiger partial charge in [-0.25, -0.2) is 4.39 Å². The molecule has 0 radical (unpaired) electrons. The molecular weight excluding hydrogens is 217 g/mol. The van der Waals surface area contributed by atoms with Crippen molar-refractivity contribution in [3.63, 3.8) is 0 Å². The molecule has 1 atom stereocenters. The van der Waals surface area contributed by atoms with E-state index < -0.39 is 0 Å². The number of hydrogen-bond donors (Lipinski definition) is 1. The highest BCUT2D eigenvalue weighted by molar-refractivity contribution is 5.09. The van der Waals surface area contributed by atoms with Gasteiger partial charge in [-0.1, -0.05) is 6.92 Å². The number of nitrogens with two attached hydrogens (primary N) is 1. The van der Waals surface area contributed by atoms with Gasteiger partial charge >= 0.3 is 0 Å². The van der Waals surface area contributed by atoms with Gasteiger partial charge in [0.25, 0.3) is 0 Å². The second kappa shape index (κ2) is 6.67. The molecule has 0 amide bonds. The normalized spacial score (nSPS) is 13.4. The lowest BCUT2D eigenvalue weighted by Gasteiger charge is -2.25. The van der Waals surface area contributed by atoms with E-state index in [4.69, 9.17) is 5.73 Å². The molecule has 0 spiro atoms. The topological polar surface area (TPSA) is 42.1 Å². The van der Waals surface area contributed by atoms with Gasteiger partial charge in [0.15, 0.2) is 0 Å². The summed E-state index contributed by atoms with van der Waals surface area (Å²) in [7, 11) is 0. The minimum absolute atomic E-state index is 0.122. The molecule has 1 aromatic heterocycles. The van der Waals surface area contributed by atoms with Gasteiger partial charge in [-0.05, 0) is 38.9 Å². The van der Waals surface area contributed by atoms with Crippen molar-refractivity contribution in [2.45, 2.75) is 39.3 Å². The van der Waals surface area contributed by atoms with Gasteiger partial charge in [0.05, 0.1) is 11.9 Å². The summed E-state index contributed by atoms with van der Waals surface area (Å²) in [5.41, 5.74) is 6.79. The first kappa shape index (κ1) is 14.1. The van der Waals surface area contributed by atoms with Crippen LogP contribution in [0.2, 0.25) is 0 Å². The molecule has 1 unspecified atom stereocenters. The molecule has 0 aliphatic rings. The number of nitrogens with zero attached hydrogens (tertiary/aromatic N) is 2. The summed E-state index contributed by atoms with van der Waals surface area (Å²) in [4.78, 5) is 6.36. The lowest BCUT2D eigenvalue weighted by molar-refractivity contribution is 0.225. The van der Waals surface area contributed by atoms with Crippen LogP contribution in [0.3, 0.4) is 0 Å². The number of aromatic nitrogens is 1. The lowest BCUT2D eigenvalue weighted by atomic mass is 10.1. The smallest absolute Gasteiger partial charge is 0.141 e. The number of pyridine rings is 1. The standard InChI is InChI=1S/C13H22FN3/c1-4-17(10(2)3)8-7-12(15)13-6-5-11(14)9-16-13/h5-6,9-10,12H,4,7-8,15H2,1-3H3. The SMILES string of the molecule is CCN(CCC(N)c1ccc(F)cn1)C(C)C. The van der Waals surface area contributed by atoms with Gasteiger partial charge in [-0.3, -0.25) is 4.98 Å². The fourth-order valence-electron chi connectivity index (χ4n) is 1.84. The van der Waals surface area contributed by atoms with E-state index in [1.807, 2.05) is 0 Å². The van der Waals surface area contributed by atoms with Crippen LogP contribution in [0.25, 0.3) is 0 Å². The molecule has 0 bridgehead atoms. The van der Waals surface area contributed by atoms with Gasteiger partial charge in [-0.15, -0.1) is 0 Å². The average molecular weight is 239 g/mol. The van der Waals surface area contributed by atoms with Gasteiger partial charge in [-0.2, -0.15) is 0 Å². The summed E-state index contributed by atoms with van der Waals surface area (Å²) in [5.74, 6) is -0.321. The molecule has 0 saturated carbocycles. The second-order valence-electron chi connectivity index (χ2n) is 4.52. The Balaban J connectivity index is 2.49. The molecule has 96 valence electrons. The number of rotatable bonds is 6. The molecule has 1 heterocycles. The van der Waals surface area contributed by atoms with Crippen LogP contribution in [0, 0.1) is 5.82 Å². The Morgan fingerprint density at radius 2 is 2.12 bits per heavy atom. The van der Waals surface area contributed by atoms with Crippen LogP contribution in [0.4, 0.5) is 4.39 Å². The molecule has 1 aromatic rings. The van der Waals surface area contributed by atoms with Crippen molar-refractivity contribution in [3.8, 4) is 0 Å². The molecule has 4 heteroatoms. The predicted molar refractivity (Wildman–Crippen MR) is 68.1 cm³/mol. The third-order valence-electron chi connectivity index (χ3n) is 2.99. The van der Waals surface area contributed by atoms with Crippen molar-refractivity contribution >= 4 is 0 Å². The Morgan fingerprint density at radius 3 is 2.59 bits per heavy atom. The van der Waals surface area contributed by atoms with Crippen LogP contribution in [-0.2, 0) is 0 Å². The third kappa shape index (κ3) is 4.40. The monoisotopic (exact) mass is 239 g/mol. The summed E-state index contributed by atoms with van der Waals surface area (Å²) < 4.78 is 12.7. The Morgan fingerprint density at radius 1 is 1.41 bits per heavy atom. The van der Waals surface area contributed by atoms with E-state index in [0.717, 1.165) is 25.2 Å². The fourth-order valence-corrected chi connectivity index (χ4v) is 1.84. The fraction of sp³-hybridized carbons (Fsp3) is 0.615. The molecule has 17 heavy (non-hydrogen) atoms. The van der Waals surface area contributed by atoms with Gasteiger partial charge in [0.2, 0.25) is 0 Å². The van der Waals surface area contributed by atoms with Crippen molar-refractivity contribution in [1.82, 2.24) is 9.88 Å². The molecular formula is C13H22FN3. The van der Waals surface area contributed by atoms with Crippen LogP contribution in [0.15, 0.2) is 18.3 Å². The molecule has 1 rings (SSSR count). The maximum absolute atomic E-state index is 12.7. The molecule has 3 nitrogen and oxygen atoms in total. The minimum atomic E-state index is -0.321. The maximum atomic E-state index is 12.7. The summed E-state index contributed by atoms with van der Waals surface area (Å²) >= 11 is 0. The van der Waals surface area contributed by atoms with E-state index in [1.165, 1.54) is 12.3 Å². The second-order valence-corrected chi connectivity index (χ2v) is 4.52. The molecule has 0 aliphatic heterocycles. The molecule has 0 fully saturated rings. The predicted octanol–water partition coefficient (Wildman–Crippen LogP) is 2.34. The van der Waals surface area contributed by atoms with Crippen LogP contribution < -0.4 is 5.73 Å². The van der Waals surface area contributed by atoms with E-state index in [2.05, 4.69) is 30.7 Å². The van der Waals surface area contributed by atoms with Gasteiger partial charge in [0, 0.05) is 18.6 Å². The first-order chi connectivity index (χ1) is 8.04. The summed E-state index contributed by atoms with van der Waals surface area (Å²) in [6.07, 6.45) is 2.06. The molecule has 0 saturated heterocycles. The van der Waals surface area contributed by atoms with E-state index >= 15 is 0 Å². The van der Waals surface area contributed by atoms with Crippen molar-refractivity contribution in [3.05, 3.63) is 29.8 Å². The molecule has 2 N–H and O–H groups in total. The summed E-state index contributed by atoms with van der Waals surface area (Å²) in [5, 5.41) is 0. The number of hydrogen-bond acceptors (Lipinski definition) is 3. The zero-order chi connectivity index (χ0) is 12.8. The van der Waals surface area contributed by atoms with Gasteiger partial charge < -0.3 is 10.6 Å². The number of halogens is 1. The molecule has 0 aromatic carbocycles. The summed E-state index contributed by atoms with van der Waals surface area (Å²) in [6.45, 7) is 8.44. The van der Waals surface area contributed by atoms with E-state index in [9.17, 15) is 4.39 Å². The highest BCUT2D eigenvalue weighted by Crippen LogP contribution is 2.13. The Kier molecular flexibility index (Phi) is 5.51. The van der Waals surface area contributed by atoms with Crippen LogP contribution >= 0.6 is 0 Å². The van der Waals surface area contributed by atoms with Crippen molar-refractivity contribution in [2.75, 3.05) is 13.1 Å². The van der Waals surface area contributed by atoms with Crippen molar-refractivity contribution < 1.29 is 4.39 Å². The van der Waals surface area contributed by atoms with Crippen molar-refractivity contribution in [1.29, 1.82) is 0 Å². The quantitative estimate of drug-likeness (QED) is 0.828. The van der Waals surface area contributed by atoms with Gasteiger partial charge in [0.1, 0.15) is 5.82 Å². The zero-order valence-corrected chi connectivity index (χ0v) is 10.9. The average Bonchev–Trinajstić information content (AvgIpc) is 2.30. The maximum Gasteiger partial charge on any atom is 0.141 e. The van der Waals surface area contributed by atoms with E-state index in [-0.39, 0.29) is 11.9 Å². The minimum Gasteiger partial charge on any atom is -0.323 e. The first-order valence-electron chi connectivity index (χ1n) is 6.15. The highest BCUT2D eigenvalue weighted by atomic mass is 19.1. The van der Waals surface area contributed by atoms with E-state index in [1.54, 1.807) is 6.07 Å². The third-order valence-corrected chi connectivity index (χ3v) is 2.99.